The molecule has 1 fully saturated rings. The molecule has 3 amide bonds. The zero-order chi connectivity index (χ0) is 15.2. The van der Waals surface area contributed by atoms with Crippen molar-refractivity contribution in [2.24, 2.45) is 0 Å². The number of urea groups is 1. The summed E-state index contributed by atoms with van der Waals surface area (Å²) in [5.74, 6) is -0.00856. The minimum absolute atomic E-state index is 0.00856. The normalized spacial score (nSPS) is 17.6. The van der Waals surface area contributed by atoms with E-state index in [4.69, 9.17) is 0 Å². The van der Waals surface area contributed by atoms with Crippen LogP contribution in [0.2, 0.25) is 0 Å². The summed E-state index contributed by atoms with van der Waals surface area (Å²) in [5, 5.41) is 11.5. The van der Waals surface area contributed by atoms with Crippen LogP contribution >= 0.6 is 0 Å². The van der Waals surface area contributed by atoms with Crippen molar-refractivity contribution in [3.8, 4) is 0 Å². The monoisotopic (exact) mass is 290 g/mol. The maximum Gasteiger partial charge on any atom is 0.319 e. The van der Waals surface area contributed by atoms with Crippen molar-refractivity contribution in [2.75, 3.05) is 17.2 Å². The summed E-state index contributed by atoms with van der Waals surface area (Å²) in [6.45, 7) is 4.69. The number of hydrogen-bond acceptors (Lipinski definition) is 3. The maximum atomic E-state index is 11.9. The lowest BCUT2D eigenvalue weighted by Crippen LogP contribution is -2.35. The fraction of sp³-hybridized carbons (Fsp3) is 0.467. The lowest BCUT2D eigenvalue weighted by atomic mass is 10.2. The Morgan fingerprint density at radius 3 is 2.29 bits per heavy atom. The lowest BCUT2D eigenvalue weighted by molar-refractivity contribution is -0.117. The number of carbonyl (C=O) groups excluding carboxylic acids is 2. The predicted molar refractivity (Wildman–Crippen MR) is 83.4 cm³/mol. The van der Waals surface area contributed by atoms with Gasteiger partial charge in [0.25, 0.3) is 0 Å². The van der Waals surface area contributed by atoms with Crippen molar-refractivity contribution >= 4 is 23.3 Å². The molecular weight excluding hydrogens is 268 g/mol. The molecule has 6 heteroatoms. The van der Waals surface area contributed by atoms with E-state index in [1.807, 2.05) is 13.8 Å². The highest BCUT2D eigenvalue weighted by molar-refractivity contribution is 5.95. The number of hydrogen-bond donors (Lipinski definition) is 4. The first kappa shape index (κ1) is 15.3. The average molecular weight is 290 g/mol. The molecule has 4 N–H and O–H groups in total. The standard InChI is InChI=1S/C15H22N4O2/c1-10(2)17-15(21)19-12-7-5-11(6-8-12)18-14(20)13-4-3-9-16-13/h5-8,10,13,16H,3-4,9H2,1-2H3,(H,18,20)(H2,17,19,21). The number of rotatable bonds is 4. The molecule has 0 aliphatic carbocycles. The summed E-state index contributed by atoms with van der Waals surface area (Å²) in [5.41, 5.74) is 1.41. The van der Waals surface area contributed by atoms with Crippen molar-refractivity contribution in [1.82, 2.24) is 10.6 Å². The van der Waals surface area contributed by atoms with Crippen LogP contribution in [-0.4, -0.2) is 30.6 Å². The third-order valence-electron chi connectivity index (χ3n) is 3.21. The van der Waals surface area contributed by atoms with Gasteiger partial charge in [-0.3, -0.25) is 4.79 Å². The second-order valence-corrected chi connectivity index (χ2v) is 5.47. The van der Waals surface area contributed by atoms with Gasteiger partial charge in [0.2, 0.25) is 5.91 Å². The van der Waals surface area contributed by atoms with Crippen molar-refractivity contribution in [3.63, 3.8) is 0 Å². The summed E-state index contributed by atoms with van der Waals surface area (Å²) >= 11 is 0. The Balaban J connectivity index is 1.86. The SMILES string of the molecule is CC(C)NC(=O)Nc1ccc(NC(=O)C2CCCN2)cc1. The average Bonchev–Trinajstić information content (AvgIpc) is 2.94. The molecule has 1 aliphatic rings. The van der Waals surface area contributed by atoms with Crippen LogP contribution in [0.25, 0.3) is 0 Å². The first-order valence-corrected chi connectivity index (χ1v) is 7.26. The van der Waals surface area contributed by atoms with Gasteiger partial charge in [-0.25, -0.2) is 4.79 Å². The molecule has 1 unspecified atom stereocenters. The van der Waals surface area contributed by atoms with Crippen LogP contribution in [0, 0.1) is 0 Å². The predicted octanol–water partition coefficient (Wildman–Crippen LogP) is 1.91. The van der Waals surface area contributed by atoms with Crippen LogP contribution in [0.5, 0.6) is 0 Å². The molecule has 21 heavy (non-hydrogen) atoms. The van der Waals surface area contributed by atoms with E-state index in [0.717, 1.165) is 25.1 Å². The van der Waals surface area contributed by atoms with Crippen molar-refractivity contribution in [1.29, 1.82) is 0 Å². The van der Waals surface area contributed by atoms with Gasteiger partial charge >= 0.3 is 6.03 Å². The molecule has 1 atom stereocenters. The molecule has 1 heterocycles. The van der Waals surface area contributed by atoms with E-state index < -0.39 is 0 Å². The molecule has 0 bridgehead atoms. The fourth-order valence-corrected chi connectivity index (χ4v) is 2.20. The van der Waals surface area contributed by atoms with E-state index in [9.17, 15) is 9.59 Å². The summed E-state index contributed by atoms with van der Waals surface area (Å²) in [6, 6.07) is 6.82. The summed E-state index contributed by atoms with van der Waals surface area (Å²) in [7, 11) is 0. The summed E-state index contributed by atoms with van der Waals surface area (Å²) < 4.78 is 0. The van der Waals surface area contributed by atoms with Crippen molar-refractivity contribution < 1.29 is 9.59 Å². The van der Waals surface area contributed by atoms with Crippen LogP contribution in [0.3, 0.4) is 0 Å². The van der Waals surface area contributed by atoms with Gasteiger partial charge in [-0.2, -0.15) is 0 Å². The van der Waals surface area contributed by atoms with E-state index in [0.29, 0.717) is 5.69 Å². The summed E-state index contributed by atoms with van der Waals surface area (Å²) in [4.78, 5) is 23.5. The zero-order valence-electron chi connectivity index (χ0n) is 12.4. The minimum Gasteiger partial charge on any atom is -0.336 e. The largest absolute Gasteiger partial charge is 0.336 e. The Hall–Kier alpha value is -2.08. The molecule has 1 aliphatic heterocycles. The van der Waals surface area contributed by atoms with Gasteiger partial charge in [-0.1, -0.05) is 0 Å². The van der Waals surface area contributed by atoms with Gasteiger partial charge in [-0.05, 0) is 57.5 Å². The van der Waals surface area contributed by atoms with E-state index in [2.05, 4.69) is 21.3 Å². The van der Waals surface area contributed by atoms with E-state index >= 15 is 0 Å². The molecule has 1 aromatic carbocycles. The highest BCUT2D eigenvalue weighted by Crippen LogP contribution is 2.15. The quantitative estimate of drug-likeness (QED) is 0.683. The first-order chi connectivity index (χ1) is 10.0. The smallest absolute Gasteiger partial charge is 0.319 e. The number of amides is 3. The van der Waals surface area contributed by atoms with Gasteiger partial charge in [-0.15, -0.1) is 0 Å². The van der Waals surface area contributed by atoms with Gasteiger partial charge in [0.05, 0.1) is 6.04 Å². The van der Waals surface area contributed by atoms with Crippen LogP contribution in [0.15, 0.2) is 24.3 Å². The fourth-order valence-electron chi connectivity index (χ4n) is 2.20. The maximum absolute atomic E-state index is 11.9. The van der Waals surface area contributed by atoms with Gasteiger partial charge in [0.15, 0.2) is 0 Å². The van der Waals surface area contributed by atoms with Crippen LogP contribution in [-0.2, 0) is 4.79 Å². The van der Waals surface area contributed by atoms with Gasteiger partial charge < -0.3 is 21.3 Å². The van der Waals surface area contributed by atoms with Crippen molar-refractivity contribution in [2.45, 2.75) is 38.8 Å². The molecule has 0 radical (unpaired) electrons. The van der Waals surface area contributed by atoms with Crippen LogP contribution in [0.1, 0.15) is 26.7 Å². The lowest BCUT2D eigenvalue weighted by Gasteiger charge is -2.12. The highest BCUT2D eigenvalue weighted by Gasteiger charge is 2.21. The molecule has 0 spiro atoms. The topological polar surface area (TPSA) is 82.3 Å². The van der Waals surface area contributed by atoms with Crippen molar-refractivity contribution in [3.05, 3.63) is 24.3 Å². The second kappa shape index (κ2) is 7.08. The molecule has 6 nitrogen and oxygen atoms in total. The molecule has 1 saturated heterocycles. The van der Waals surface area contributed by atoms with E-state index in [1.165, 1.54) is 0 Å². The summed E-state index contributed by atoms with van der Waals surface area (Å²) in [6.07, 6.45) is 1.91. The Morgan fingerprint density at radius 1 is 1.14 bits per heavy atom. The van der Waals surface area contributed by atoms with Gasteiger partial charge in [0, 0.05) is 17.4 Å². The molecular formula is C15H22N4O2. The number of carbonyl (C=O) groups is 2. The van der Waals surface area contributed by atoms with E-state index in [-0.39, 0.29) is 24.0 Å². The second-order valence-electron chi connectivity index (χ2n) is 5.47. The number of anilines is 2. The minimum atomic E-state index is -0.239. The third-order valence-corrected chi connectivity index (χ3v) is 3.21. The highest BCUT2D eigenvalue weighted by atomic mass is 16.2. The molecule has 0 saturated carbocycles. The Bertz CT molecular complexity index is 493. The molecule has 2 rings (SSSR count). The Morgan fingerprint density at radius 2 is 1.76 bits per heavy atom. The Kier molecular flexibility index (Phi) is 5.16. The van der Waals surface area contributed by atoms with Crippen LogP contribution < -0.4 is 21.3 Å². The molecule has 114 valence electrons. The van der Waals surface area contributed by atoms with Gasteiger partial charge in [0.1, 0.15) is 0 Å². The zero-order valence-corrected chi connectivity index (χ0v) is 12.4. The Labute approximate surface area is 124 Å². The number of nitrogens with one attached hydrogen (secondary N) is 4. The third kappa shape index (κ3) is 4.75. The first-order valence-electron chi connectivity index (χ1n) is 7.26. The molecule has 1 aromatic rings. The van der Waals surface area contributed by atoms with Crippen LogP contribution in [0.4, 0.5) is 16.2 Å². The van der Waals surface area contributed by atoms with E-state index in [1.54, 1.807) is 24.3 Å². The number of benzene rings is 1. The molecule has 0 aromatic heterocycles.